The van der Waals surface area contributed by atoms with Crippen molar-refractivity contribution in [1.82, 2.24) is 25.0 Å². The average Bonchev–Trinajstić information content (AvgIpc) is 2.73. The van der Waals surface area contributed by atoms with Gasteiger partial charge in [0.15, 0.2) is 0 Å². The van der Waals surface area contributed by atoms with Crippen molar-refractivity contribution in [2.75, 3.05) is 13.1 Å². The number of rotatable bonds is 6. The van der Waals surface area contributed by atoms with Crippen LogP contribution in [-0.2, 0) is 6.54 Å². The molecule has 3 heterocycles. The zero-order chi connectivity index (χ0) is 19.9. The first-order valence-electron chi connectivity index (χ1n) is 9.67. The van der Waals surface area contributed by atoms with Gasteiger partial charge in [-0.25, -0.2) is 4.68 Å². The second kappa shape index (κ2) is 9.25. The summed E-state index contributed by atoms with van der Waals surface area (Å²) in [5.74, 6) is -0.305. The molecule has 0 atom stereocenters. The van der Waals surface area contributed by atoms with Crippen molar-refractivity contribution in [1.29, 1.82) is 0 Å². The highest BCUT2D eigenvalue weighted by Gasteiger charge is 2.25. The summed E-state index contributed by atoms with van der Waals surface area (Å²) in [5.41, 5.74) is 0.662. The number of carbonyl (C=O) groups is 2. The van der Waals surface area contributed by atoms with Crippen LogP contribution in [0.2, 0.25) is 0 Å². The lowest BCUT2D eigenvalue weighted by Crippen LogP contribution is -2.46. The molecule has 1 fully saturated rings. The Morgan fingerprint density at radius 3 is 2.54 bits per heavy atom. The van der Waals surface area contributed by atoms with Gasteiger partial charge in [0, 0.05) is 49.7 Å². The van der Waals surface area contributed by atoms with Gasteiger partial charge in [-0.05, 0) is 37.5 Å². The quantitative estimate of drug-likeness (QED) is 0.815. The van der Waals surface area contributed by atoms with E-state index in [1.165, 1.54) is 16.8 Å². The van der Waals surface area contributed by atoms with Gasteiger partial charge in [0.25, 0.3) is 17.4 Å². The van der Waals surface area contributed by atoms with Crippen LogP contribution in [0.25, 0.3) is 0 Å². The Hall–Kier alpha value is -3.03. The number of carbonyl (C=O) groups excluding carboxylic acids is 2. The third kappa shape index (κ3) is 4.82. The van der Waals surface area contributed by atoms with E-state index in [0.717, 1.165) is 12.8 Å². The molecular weight excluding hydrogens is 358 g/mol. The van der Waals surface area contributed by atoms with Crippen molar-refractivity contribution in [3.05, 3.63) is 58.3 Å². The summed E-state index contributed by atoms with van der Waals surface area (Å²) in [6, 6.07) is 6.23. The smallest absolute Gasteiger partial charge is 0.271 e. The highest BCUT2D eigenvalue weighted by Crippen LogP contribution is 2.14. The van der Waals surface area contributed by atoms with Crippen LogP contribution in [0.4, 0.5) is 0 Å². The van der Waals surface area contributed by atoms with Gasteiger partial charge < -0.3 is 10.2 Å². The minimum Gasteiger partial charge on any atom is -0.348 e. The van der Waals surface area contributed by atoms with Crippen LogP contribution in [0, 0.1) is 0 Å². The molecule has 148 valence electrons. The van der Waals surface area contributed by atoms with Gasteiger partial charge in [-0.1, -0.05) is 13.3 Å². The number of nitrogens with zero attached hydrogens (tertiary/aromatic N) is 4. The summed E-state index contributed by atoms with van der Waals surface area (Å²) in [4.78, 5) is 42.5. The summed E-state index contributed by atoms with van der Waals surface area (Å²) < 4.78 is 1.34. The lowest BCUT2D eigenvalue weighted by molar-refractivity contribution is 0.0697. The van der Waals surface area contributed by atoms with Gasteiger partial charge in [-0.15, -0.1) is 0 Å². The lowest BCUT2D eigenvalue weighted by atomic mass is 10.0. The van der Waals surface area contributed by atoms with Crippen LogP contribution in [0.5, 0.6) is 0 Å². The van der Waals surface area contributed by atoms with E-state index in [0.29, 0.717) is 38.0 Å². The zero-order valence-corrected chi connectivity index (χ0v) is 16.0. The van der Waals surface area contributed by atoms with E-state index in [-0.39, 0.29) is 29.1 Å². The summed E-state index contributed by atoms with van der Waals surface area (Å²) in [5, 5.41) is 7.15. The van der Waals surface area contributed by atoms with Gasteiger partial charge in [0.05, 0.1) is 0 Å². The summed E-state index contributed by atoms with van der Waals surface area (Å²) in [6.07, 6.45) is 6.35. The molecule has 8 heteroatoms. The molecule has 2 aromatic rings. The van der Waals surface area contributed by atoms with Crippen LogP contribution in [0.3, 0.4) is 0 Å². The third-order valence-corrected chi connectivity index (χ3v) is 4.87. The van der Waals surface area contributed by atoms with E-state index >= 15 is 0 Å². The van der Waals surface area contributed by atoms with E-state index in [2.05, 4.69) is 15.4 Å². The van der Waals surface area contributed by atoms with E-state index in [9.17, 15) is 14.4 Å². The minimum absolute atomic E-state index is 0.0168. The minimum atomic E-state index is -0.288. The predicted molar refractivity (Wildman–Crippen MR) is 104 cm³/mol. The molecule has 1 saturated heterocycles. The fraction of sp³-hybridized carbons (Fsp3) is 0.450. The SMILES string of the molecule is CCCCn1nc(C(=O)NC2CCN(C(=O)c3ccncc3)CC2)ccc1=O. The van der Waals surface area contributed by atoms with Crippen LogP contribution >= 0.6 is 0 Å². The van der Waals surface area contributed by atoms with Crippen molar-refractivity contribution in [2.24, 2.45) is 0 Å². The topological polar surface area (TPSA) is 97.2 Å². The molecule has 1 aliphatic heterocycles. The number of aryl methyl sites for hydroxylation is 1. The van der Waals surface area contributed by atoms with E-state index in [1.807, 2.05) is 6.92 Å². The molecule has 0 spiro atoms. The van der Waals surface area contributed by atoms with Crippen molar-refractivity contribution < 1.29 is 9.59 Å². The summed E-state index contributed by atoms with van der Waals surface area (Å²) >= 11 is 0. The van der Waals surface area contributed by atoms with Gasteiger partial charge >= 0.3 is 0 Å². The Bertz CT molecular complexity index is 873. The maximum absolute atomic E-state index is 12.5. The lowest BCUT2D eigenvalue weighted by Gasteiger charge is -2.32. The fourth-order valence-electron chi connectivity index (χ4n) is 3.20. The summed E-state index contributed by atoms with van der Waals surface area (Å²) in [7, 11) is 0. The maximum Gasteiger partial charge on any atom is 0.271 e. The van der Waals surface area contributed by atoms with Gasteiger partial charge in [-0.3, -0.25) is 19.4 Å². The first-order chi connectivity index (χ1) is 13.6. The number of unbranched alkanes of at least 4 members (excludes halogenated alkanes) is 1. The Morgan fingerprint density at radius 2 is 1.86 bits per heavy atom. The average molecular weight is 383 g/mol. The Kier molecular flexibility index (Phi) is 6.52. The molecular formula is C20H25N5O3. The van der Waals surface area contributed by atoms with E-state index in [1.54, 1.807) is 29.4 Å². The third-order valence-electron chi connectivity index (χ3n) is 4.87. The molecule has 2 aromatic heterocycles. The molecule has 0 radical (unpaired) electrons. The van der Waals surface area contributed by atoms with E-state index in [4.69, 9.17) is 0 Å². The summed E-state index contributed by atoms with van der Waals surface area (Å²) in [6.45, 7) is 3.70. The molecule has 3 rings (SSSR count). The van der Waals surface area contributed by atoms with Crippen LogP contribution in [0.1, 0.15) is 53.5 Å². The number of aromatic nitrogens is 3. The number of amides is 2. The largest absolute Gasteiger partial charge is 0.348 e. The first-order valence-corrected chi connectivity index (χ1v) is 9.67. The fourth-order valence-corrected chi connectivity index (χ4v) is 3.20. The van der Waals surface area contributed by atoms with Crippen molar-refractivity contribution in [2.45, 2.75) is 45.2 Å². The van der Waals surface area contributed by atoms with Gasteiger partial charge in [-0.2, -0.15) is 5.10 Å². The number of piperidine rings is 1. The zero-order valence-electron chi connectivity index (χ0n) is 16.0. The monoisotopic (exact) mass is 383 g/mol. The van der Waals surface area contributed by atoms with E-state index < -0.39 is 0 Å². The van der Waals surface area contributed by atoms with Crippen LogP contribution in [-0.4, -0.2) is 50.6 Å². The molecule has 2 amide bonds. The Labute approximate surface area is 163 Å². The van der Waals surface area contributed by atoms with Crippen molar-refractivity contribution in [3.63, 3.8) is 0 Å². The van der Waals surface area contributed by atoms with Gasteiger partial charge in [0.2, 0.25) is 0 Å². The van der Waals surface area contributed by atoms with Crippen LogP contribution in [0.15, 0.2) is 41.5 Å². The van der Waals surface area contributed by atoms with Crippen molar-refractivity contribution in [3.8, 4) is 0 Å². The molecule has 28 heavy (non-hydrogen) atoms. The van der Waals surface area contributed by atoms with Gasteiger partial charge in [0.1, 0.15) is 5.69 Å². The van der Waals surface area contributed by atoms with Crippen molar-refractivity contribution >= 4 is 11.8 Å². The molecule has 0 aromatic carbocycles. The molecule has 0 aliphatic carbocycles. The number of likely N-dealkylation sites (tertiary alicyclic amines) is 1. The number of hydrogen-bond acceptors (Lipinski definition) is 5. The molecule has 1 N–H and O–H groups in total. The number of pyridine rings is 1. The maximum atomic E-state index is 12.5. The number of hydrogen-bond donors (Lipinski definition) is 1. The molecule has 0 unspecified atom stereocenters. The number of nitrogens with one attached hydrogen (secondary N) is 1. The molecule has 0 bridgehead atoms. The first kappa shape index (κ1) is 19.7. The second-order valence-electron chi connectivity index (χ2n) is 6.91. The second-order valence-corrected chi connectivity index (χ2v) is 6.91. The van der Waals surface area contributed by atoms with Crippen LogP contribution < -0.4 is 10.9 Å². The highest BCUT2D eigenvalue weighted by molar-refractivity contribution is 5.94. The molecule has 0 saturated carbocycles. The Morgan fingerprint density at radius 1 is 1.14 bits per heavy atom. The molecule has 1 aliphatic rings. The standard InChI is InChI=1S/C20H25N5O3/c1-2-3-12-25-18(26)5-4-17(23-25)19(27)22-16-8-13-24(14-9-16)20(28)15-6-10-21-11-7-15/h4-7,10-11,16H,2-3,8-9,12-14H2,1H3,(H,22,27). The Balaban J connectivity index is 1.55. The molecule has 8 nitrogen and oxygen atoms in total. The predicted octanol–water partition coefficient (Wildman–Crippen LogP) is 1.47. The normalized spacial score (nSPS) is 14.7. The highest BCUT2D eigenvalue weighted by atomic mass is 16.2.